The first-order valence-electron chi connectivity index (χ1n) is 7.65. The molecule has 0 amide bonds. The van der Waals surface area contributed by atoms with Gasteiger partial charge in [0.2, 0.25) is 5.89 Å². The monoisotopic (exact) mass is 282 g/mol. The summed E-state index contributed by atoms with van der Waals surface area (Å²) in [5.74, 6) is 0.624. The van der Waals surface area contributed by atoms with Crippen LogP contribution >= 0.6 is 0 Å². The van der Waals surface area contributed by atoms with Gasteiger partial charge in [-0.25, -0.2) is 0 Å². The SMILES string of the molecule is CCNCc1nnc(NC2CCOC(CC)(CC)C2)o1. The van der Waals surface area contributed by atoms with Gasteiger partial charge in [-0.05, 0) is 32.2 Å². The van der Waals surface area contributed by atoms with Gasteiger partial charge < -0.3 is 19.8 Å². The number of hydrogen-bond donors (Lipinski definition) is 2. The van der Waals surface area contributed by atoms with Gasteiger partial charge in [0.1, 0.15) is 0 Å². The van der Waals surface area contributed by atoms with Crippen LogP contribution in [0.4, 0.5) is 6.01 Å². The molecule has 114 valence electrons. The highest BCUT2D eigenvalue weighted by atomic mass is 16.5. The van der Waals surface area contributed by atoms with Crippen LogP contribution in [0.1, 0.15) is 52.3 Å². The molecule has 0 radical (unpaired) electrons. The Bertz CT molecular complexity index is 404. The maximum atomic E-state index is 5.97. The summed E-state index contributed by atoms with van der Waals surface area (Å²) < 4.78 is 11.6. The number of ether oxygens (including phenoxy) is 1. The van der Waals surface area contributed by atoms with E-state index in [1.165, 1.54) is 0 Å². The van der Waals surface area contributed by atoms with E-state index >= 15 is 0 Å². The lowest BCUT2D eigenvalue weighted by atomic mass is 9.86. The molecule has 0 aliphatic carbocycles. The van der Waals surface area contributed by atoms with Crippen molar-refractivity contribution in [2.75, 3.05) is 18.5 Å². The number of aromatic nitrogens is 2. The average molecular weight is 282 g/mol. The van der Waals surface area contributed by atoms with Gasteiger partial charge in [0, 0.05) is 12.6 Å². The average Bonchev–Trinajstić information content (AvgIpc) is 2.92. The van der Waals surface area contributed by atoms with Gasteiger partial charge >= 0.3 is 6.01 Å². The summed E-state index contributed by atoms with van der Waals surface area (Å²) in [7, 11) is 0. The van der Waals surface area contributed by atoms with Gasteiger partial charge in [-0.1, -0.05) is 25.9 Å². The summed E-state index contributed by atoms with van der Waals surface area (Å²) in [4.78, 5) is 0. The molecular formula is C14H26N4O2. The van der Waals surface area contributed by atoms with Crippen LogP contribution in [-0.4, -0.2) is 35.0 Å². The number of nitrogens with zero attached hydrogens (tertiary/aromatic N) is 2. The first kappa shape index (κ1) is 15.3. The summed E-state index contributed by atoms with van der Waals surface area (Å²) in [5, 5.41) is 14.6. The van der Waals surface area contributed by atoms with E-state index < -0.39 is 0 Å². The molecule has 1 fully saturated rings. The second kappa shape index (κ2) is 7.04. The molecule has 0 saturated carbocycles. The zero-order chi connectivity index (χ0) is 14.4. The predicted molar refractivity (Wildman–Crippen MR) is 77.6 cm³/mol. The maximum Gasteiger partial charge on any atom is 0.315 e. The first-order chi connectivity index (χ1) is 9.71. The Hall–Kier alpha value is -1.14. The van der Waals surface area contributed by atoms with Crippen LogP contribution in [0.2, 0.25) is 0 Å². The van der Waals surface area contributed by atoms with E-state index in [1.807, 2.05) is 6.92 Å². The van der Waals surface area contributed by atoms with Crippen LogP contribution in [0, 0.1) is 0 Å². The van der Waals surface area contributed by atoms with Gasteiger partial charge in [-0.2, -0.15) is 0 Å². The minimum Gasteiger partial charge on any atom is -0.407 e. The van der Waals surface area contributed by atoms with Crippen LogP contribution in [0.15, 0.2) is 4.42 Å². The van der Waals surface area contributed by atoms with Gasteiger partial charge in [0.15, 0.2) is 0 Å². The fraction of sp³-hybridized carbons (Fsp3) is 0.857. The van der Waals surface area contributed by atoms with Crippen molar-refractivity contribution < 1.29 is 9.15 Å². The van der Waals surface area contributed by atoms with E-state index in [1.54, 1.807) is 0 Å². The van der Waals surface area contributed by atoms with Crippen molar-refractivity contribution in [3.05, 3.63) is 5.89 Å². The summed E-state index contributed by atoms with van der Waals surface area (Å²) in [6.45, 7) is 8.72. The fourth-order valence-corrected chi connectivity index (χ4v) is 2.68. The lowest BCUT2D eigenvalue weighted by molar-refractivity contribution is -0.0866. The van der Waals surface area contributed by atoms with Crippen molar-refractivity contribution in [1.82, 2.24) is 15.5 Å². The third-order valence-corrected chi connectivity index (χ3v) is 4.10. The van der Waals surface area contributed by atoms with E-state index in [2.05, 4.69) is 34.7 Å². The molecule has 1 aliphatic heterocycles. The molecule has 1 aliphatic rings. The molecule has 1 aromatic heterocycles. The summed E-state index contributed by atoms with van der Waals surface area (Å²) >= 11 is 0. The topological polar surface area (TPSA) is 72.2 Å². The second-order valence-electron chi connectivity index (χ2n) is 5.35. The molecule has 0 bridgehead atoms. The van der Waals surface area contributed by atoms with E-state index in [9.17, 15) is 0 Å². The normalized spacial score (nSPS) is 21.9. The third kappa shape index (κ3) is 3.70. The molecule has 20 heavy (non-hydrogen) atoms. The van der Waals surface area contributed by atoms with Gasteiger partial charge in [-0.15, -0.1) is 5.10 Å². The summed E-state index contributed by atoms with van der Waals surface area (Å²) in [6, 6.07) is 0.863. The fourth-order valence-electron chi connectivity index (χ4n) is 2.68. The van der Waals surface area contributed by atoms with Crippen molar-refractivity contribution in [3.8, 4) is 0 Å². The number of hydrogen-bond acceptors (Lipinski definition) is 6. The summed E-state index contributed by atoms with van der Waals surface area (Å²) in [5.41, 5.74) is 0.00251. The lowest BCUT2D eigenvalue weighted by Gasteiger charge is -2.39. The molecule has 6 heteroatoms. The van der Waals surface area contributed by atoms with E-state index in [0.717, 1.165) is 38.8 Å². The van der Waals surface area contributed by atoms with Crippen LogP contribution in [0.5, 0.6) is 0 Å². The molecule has 2 heterocycles. The zero-order valence-corrected chi connectivity index (χ0v) is 12.7. The maximum absolute atomic E-state index is 5.97. The number of anilines is 1. The van der Waals surface area contributed by atoms with Crippen LogP contribution < -0.4 is 10.6 Å². The molecule has 2 N–H and O–H groups in total. The molecule has 1 aromatic rings. The number of rotatable bonds is 7. The van der Waals surface area contributed by atoms with Gasteiger partial charge in [0.25, 0.3) is 0 Å². The van der Waals surface area contributed by atoms with E-state index in [-0.39, 0.29) is 5.60 Å². The lowest BCUT2D eigenvalue weighted by Crippen LogP contribution is -2.43. The quantitative estimate of drug-likeness (QED) is 0.799. The standard InChI is InChI=1S/C14H26N4O2/c1-4-14(5-2)9-11(7-8-19-14)16-13-18-17-12(20-13)10-15-6-3/h11,15H,4-10H2,1-3H3,(H,16,18). The largest absolute Gasteiger partial charge is 0.407 e. The smallest absolute Gasteiger partial charge is 0.315 e. The Labute approximate surface area is 120 Å². The highest BCUT2D eigenvalue weighted by Crippen LogP contribution is 2.32. The highest BCUT2D eigenvalue weighted by molar-refractivity contribution is 5.20. The van der Waals surface area contributed by atoms with Crippen molar-refractivity contribution in [2.45, 2.75) is 64.6 Å². The Kier molecular flexibility index (Phi) is 5.37. The molecule has 6 nitrogen and oxygen atoms in total. The van der Waals surface area contributed by atoms with Crippen LogP contribution in [0.25, 0.3) is 0 Å². The van der Waals surface area contributed by atoms with Gasteiger partial charge in [-0.3, -0.25) is 0 Å². The van der Waals surface area contributed by atoms with Crippen molar-refractivity contribution in [1.29, 1.82) is 0 Å². The summed E-state index contributed by atoms with van der Waals surface area (Å²) in [6.07, 6.45) is 4.05. The minimum absolute atomic E-state index is 0.00251. The zero-order valence-electron chi connectivity index (χ0n) is 12.7. The number of nitrogens with one attached hydrogen (secondary N) is 2. The molecular weight excluding hydrogens is 256 g/mol. The molecule has 0 aromatic carbocycles. The Morgan fingerprint density at radius 3 is 2.75 bits per heavy atom. The minimum atomic E-state index is 0.00251. The van der Waals surface area contributed by atoms with Crippen molar-refractivity contribution >= 4 is 6.01 Å². The van der Waals surface area contributed by atoms with E-state index in [0.29, 0.717) is 24.5 Å². The third-order valence-electron chi connectivity index (χ3n) is 4.10. The van der Waals surface area contributed by atoms with E-state index in [4.69, 9.17) is 9.15 Å². The van der Waals surface area contributed by atoms with Crippen LogP contribution in [0.3, 0.4) is 0 Å². The van der Waals surface area contributed by atoms with Crippen molar-refractivity contribution in [3.63, 3.8) is 0 Å². The Morgan fingerprint density at radius 1 is 1.25 bits per heavy atom. The molecule has 0 spiro atoms. The molecule has 1 atom stereocenters. The van der Waals surface area contributed by atoms with Gasteiger partial charge in [0.05, 0.1) is 12.1 Å². The molecule has 1 saturated heterocycles. The predicted octanol–water partition coefficient (Wildman–Crippen LogP) is 2.33. The first-order valence-corrected chi connectivity index (χ1v) is 7.65. The van der Waals surface area contributed by atoms with Crippen molar-refractivity contribution in [2.24, 2.45) is 0 Å². The highest BCUT2D eigenvalue weighted by Gasteiger charge is 2.34. The Balaban J connectivity index is 1.90. The molecule has 1 unspecified atom stereocenters. The second-order valence-corrected chi connectivity index (χ2v) is 5.35. The molecule has 2 rings (SSSR count). The van der Waals surface area contributed by atoms with Crippen LogP contribution in [-0.2, 0) is 11.3 Å². The Morgan fingerprint density at radius 2 is 2.05 bits per heavy atom.